The maximum Gasteiger partial charge on any atom is 0.0650 e. The average Bonchev–Trinajstić information content (AvgIpc) is 2.40. The van der Waals surface area contributed by atoms with Crippen LogP contribution in [0.1, 0.15) is 72.1 Å². The van der Waals surface area contributed by atoms with Crippen molar-refractivity contribution in [3.8, 4) is 0 Å². The second-order valence-corrected chi connectivity index (χ2v) is 5.65. The van der Waals surface area contributed by atoms with Crippen LogP contribution < -0.4 is 0 Å². The summed E-state index contributed by atoms with van der Waals surface area (Å²) in [5, 5.41) is 10.6. The van der Waals surface area contributed by atoms with Crippen molar-refractivity contribution in [1.29, 1.82) is 0 Å². The molecule has 1 saturated carbocycles. The zero-order valence-corrected chi connectivity index (χ0v) is 10.8. The fraction of sp³-hybridized carbons (Fsp3) is 1.00. The summed E-state index contributed by atoms with van der Waals surface area (Å²) in [5.41, 5.74) is -0.334. The topological polar surface area (TPSA) is 20.2 Å². The molecule has 0 radical (unpaired) electrons. The summed E-state index contributed by atoms with van der Waals surface area (Å²) >= 11 is 0. The van der Waals surface area contributed by atoms with E-state index in [1.54, 1.807) is 0 Å². The van der Waals surface area contributed by atoms with Crippen LogP contribution in [0, 0.1) is 11.8 Å². The van der Waals surface area contributed by atoms with Crippen molar-refractivity contribution in [3.63, 3.8) is 0 Å². The molecule has 15 heavy (non-hydrogen) atoms. The van der Waals surface area contributed by atoms with Gasteiger partial charge in [0.25, 0.3) is 0 Å². The van der Waals surface area contributed by atoms with Gasteiger partial charge in [0.1, 0.15) is 0 Å². The Morgan fingerprint density at radius 2 is 2.00 bits per heavy atom. The van der Waals surface area contributed by atoms with Crippen LogP contribution in [0.2, 0.25) is 0 Å². The van der Waals surface area contributed by atoms with E-state index in [0.717, 1.165) is 25.2 Å². The summed E-state index contributed by atoms with van der Waals surface area (Å²) in [6.45, 7) is 6.77. The van der Waals surface area contributed by atoms with Crippen LogP contribution in [0.25, 0.3) is 0 Å². The second-order valence-electron chi connectivity index (χ2n) is 5.65. The van der Waals surface area contributed by atoms with E-state index in [4.69, 9.17) is 0 Å². The lowest BCUT2D eigenvalue weighted by molar-refractivity contribution is 0.00186. The van der Waals surface area contributed by atoms with Crippen LogP contribution in [0.15, 0.2) is 0 Å². The summed E-state index contributed by atoms with van der Waals surface area (Å²) in [7, 11) is 0. The van der Waals surface area contributed by atoms with Gasteiger partial charge in [-0.2, -0.15) is 0 Å². The highest BCUT2D eigenvalue weighted by molar-refractivity contribution is 4.84. The molecule has 3 unspecified atom stereocenters. The molecule has 1 aliphatic carbocycles. The van der Waals surface area contributed by atoms with Crippen LogP contribution in [-0.2, 0) is 0 Å². The SMILES string of the molecule is CCC(C)CC1(O)CCCC(CC)CC1. The largest absolute Gasteiger partial charge is 0.390 e. The minimum atomic E-state index is -0.334. The van der Waals surface area contributed by atoms with Crippen LogP contribution in [0.4, 0.5) is 0 Å². The predicted molar refractivity (Wildman–Crippen MR) is 65.9 cm³/mol. The van der Waals surface area contributed by atoms with Gasteiger partial charge in [0.2, 0.25) is 0 Å². The van der Waals surface area contributed by atoms with E-state index in [0.29, 0.717) is 5.92 Å². The van der Waals surface area contributed by atoms with Crippen LogP contribution in [0.5, 0.6) is 0 Å². The van der Waals surface area contributed by atoms with Crippen molar-refractivity contribution in [2.24, 2.45) is 11.8 Å². The van der Waals surface area contributed by atoms with Gasteiger partial charge < -0.3 is 5.11 Å². The number of hydrogen-bond acceptors (Lipinski definition) is 1. The van der Waals surface area contributed by atoms with E-state index in [2.05, 4.69) is 20.8 Å². The monoisotopic (exact) mass is 212 g/mol. The first-order valence-corrected chi connectivity index (χ1v) is 6.82. The summed E-state index contributed by atoms with van der Waals surface area (Å²) < 4.78 is 0. The molecule has 1 aliphatic rings. The fourth-order valence-electron chi connectivity index (χ4n) is 2.87. The predicted octanol–water partition coefficient (Wildman–Crippen LogP) is 4.14. The molecule has 0 heterocycles. The maximum absolute atomic E-state index is 10.6. The van der Waals surface area contributed by atoms with Crippen LogP contribution >= 0.6 is 0 Å². The molecule has 0 aromatic heterocycles. The lowest BCUT2D eigenvalue weighted by atomic mass is 9.84. The van der Waals surface area contributed by atoms with E-state index < -0.39 is 0 Å². The van der Waals surface area contributed by atoms with Crippen molar-refractivity contribution >= 4 is 0 Å². The molecular weight excluding hydrogens is 184 g/mol. The van der Waals surface area contributed by atoms with Crippen LogP contribution in [0.3, 0.4) is 0 Å². The number of aliphatic hydroxyl groups is 1. The Hall–Kier alpha value is -0.0400. The van der Waals surface area contributed by atoms with Gasteiger partial charge in [-0.25, -0.2) is 0 Å². The Morgan fingerprint density at radius 3 is 2.60 bits per heavy atom. The van der Waals surface area contributed by atoms with Crippen molar-refractivity contribution in [2.75, 3.05) is 0 Å². The summed E-state index contributed by atoms with van der Waals surface area (Å²) in [6, 6.07) is 0. The van der Waals surface area contributed by atoms with Crippen molar-refractivity contribution < 1.29 is 5.11 Å². The Kier molecular flexibility index (Phi) is 5.11. The highest BCUT2D eigenvalue weighted by Crippen LogP contribution is 2.36. The quantitative estimate of drug-likeness (QED) is 0.694. The number of rotatable bonds is 4. The molecule has 1 nitrogen and oxygen atoms in total. The smallest absolute Gasteiger partial charge is 0.0650 e. The fourth-order valence-corrected chi connectivity index (χ4v) is 2.87. The van der Waals surface area contributed by atoms with Gasteiger partial charge in [-0.05, 0) is 37.5 Å². The van der Waals surface area contributed by atoms with Gasteiger partial charge in [-0.3, -0.25) is 0 Å². The van der Waals surface area contributed by atoms with Gasteiger partial charge in [0, 0.05) is 0 Å². The molecule has 0 saturated heterocycles. The highest BCUT2D eigenvalue weighted by atomic mass is 16.3. The molecule has 0 aromatic rings. The first-order chi connectivity index (χ1) is 7.09. The van der Waals surface area contributed by atoms with E-state index in [-0.39, 0.29) is 5.60 Å². The minimum Gasteiger partial charge on any atom is -0.390 e. The molecule has 1 fully saturated rings. The minimum absolute atomic E-state index is 0.334. The van der Waals surface area contributed by atoms with E-state index in [1.165, 1.54) is 32.1 Å². The molecule has 90 valence electrons. The molecule has 0 aromatic carbocycles. The highest BCUT2D eigenvalue weighted by Gasteiger charge is 2.31. The molecule has 0 bridgehead atoms. The van der Waals surface area contributed by atoms with Crippen LogP contribution in [-0.4, -0.2) is 10.7 Å². The van der Waals surface area contributed by atoms with Crippen molar-refractivity contribution in [3.05, 3.63) is 0 Å². The number of hydrogen-bond donors (Lipinski definition) is 1. The zero-order valence-electron chi connectivity index (χ0n) is 10.8. The molecule has 1 heteroatoms. The molecule has 0 aliphatic heterocycles. The Balaban J connectivity index is 2.46. The first kappa shape index (κ1) is 13.0. The zero-order chi connectivity index (χ0) is 11.3. The maximum atomic E-state index is 10.6. The normalized spacial score (nSPS) is 34.8. The van der Waals surface area contributed by atoms with Crippen molar-refractivity contribution in [2.45, 2.75) is 77.7 Å². The first-order valence-electron chi connectivity index (χ1n) is 6.82. The van der Waals surface area contributed by atoms with E-state index >= 15 is 0 Å². The lowest BCUT2D eigenvalue weighted by Gasteiger charge is -2.29. The lowest BCUT2D eigenvalue weighted by Crippen LogP contribution is -2.30. The molecule has 3 atom stereocenters. The average molecular weight is 212 g/mol. The Bertz CT molecular complexity index is 178. The standard InChI is InChI=1S/C14H28O/c1-4-12(3)11-14(15)9-6-7-13(5-2)8-10-14/h12-13,15H,4-11H2,1-3H3. The molecule has 1 rings (SSSR count). The van der Waals surface area contributed by atoms with E-state index in [1.807, 2.05) is 0 Å². The Morgan fingerprint density at radius 1 is 1.27 bits per heavy atom. The third kappa shape index (κ3) is 4.14. The second kappa shape index (κ2) is 5.89. The third-order valence-electron chi connectivity index (χ3n) is 4.28. The third-order valence-corrected chi connectivity index (χ3v) is 4.28. The molecule has 0 amide bonds. The molecule has 0 spiro atoms. The summed E-state index contributed by atoms with van der Waals surface area (Å²) in [4.78, 5) is 0. The van der Waals surface area contributed by atoms with Crippen molar-refractivity contribution in [1.82, 2.24) is 0 Å². The van der Waals surface area contributed by atoms with Gasteiger partial charge in [0.05, 0.1) is 5.60 Å². The summed E-state index contributed by atoms with van der Waals surface area (Å²) in [5.74, 6) is 1.55. The van der Waals surface area contributed by atoms with E-state index in [9.17, 15) is 5.11 Å². The molecular formula is C14H28O. The van der Waals surface area contributed by atoms with Gasteiger partial charge in [0.15, 0.2) is 0 Å². The van der Waals surface area contributed by atoms with Gasteiger partial charge >= 0.3 is 0 Å². The Labute approximate surface area is 95.3 Å². The summed E-state index contributed by atoms with van der Waals surface area (Å²) in [6.07, 6.45) is 9.37. The molecule has 1 N–H and O–H groups in total. The van der Waals surface area contributed by atoms with Gasteiger partial charge in [-0.1, -0.05) is 46.5 Å². The van der Waals surface area contributed by atoms with Gasteiger partial charge in [-0.15, -0.1) is 0 Å².